The Morgan fingerprint density at radius 3 is 2.31 bits per heavy atom. The minimum atomic E-state index is -0.282. The lowest BCUT2D eigenvalue weighted by Gasteiger charge is -2.36. The van der Waals surface area contributed by atoms with Gasteiger partial charge in [0.15, 0.2) is 0 Å². The maximum Gasteiger partial charge on any atom is 0.278 e. The summed E-state index contributed by atoms with van der Waals surface area (Å²) >= 11 is 0. The summed E-state index contributed by atoms with van der Waals surface area (Å²) in [6, 6.07) is 16.4. The number of aromatic nitrogens is 4. The van der Waals surface area contributed by atoms with Gasteiger partial charge in [-0.15, -0.1) is 0 Å². The average Bonchev–Trinajstić information content (AvgIpc) is 3.20. The minimum Gasteiger partial charge on any atom is -0.368 e. The number of rotatable bonds is 4. The van der Waals surface area contributed by atoms with Crippen molar-refractivity contribution in [2.75, 3.05) is 31.1 Å². The number of carbonyl (C=O) groups excluding carboxylic acids is 1. The number of benzene rings is 2. The lowest BCUT2D eigenvalue weighted by Crippen LogP contribution is -2.50. The summed E-state index contributed by atoms with van der Waals surface area (Å²) in [6.45, 7) is 10.5. The average molecular weight is 471 g/mol. The van der Waals surface area contributed by atoms with Gasteiger partial charge in [0.25, 0.3) is 5.56 Å². The van der Waals surface area contributed by atoms with Crippen LogP contribution < -0.4 is 10.5 Å². The lowest BCUT2D eigenvalue weighted by atomic mass is 10.1. The fourth-order valence-electron chi connectivity index (χ4n) is 4.88. The van der Waals surface area contributed by atoms with Crippen LogP contribution in [0.4, 0.5) is 5.69 Å². The van der Waals surface area contributed by atoms with Gasteiger partial charge in [0.2, 0.25) is 5.91 Å². The van der Waals surface area contributed by atoms with Gasteiger partial charge in [-0.2, -0.15) is 10.2 Å². The van der Waals surface area contributed by atoms with Gasteiger partial charge in [-0.05, 0) is 51.5 Å². The third-order valence-electron chi connectivity index (χ3n) is 6.80. The molecule has 3 heterocycles. The van der Waals surface area contributed by atoms with E-state index in [-0.39, 0.29) is 18.0 Å². The number of amides is 1. The Balaban J connectivity index is 1.39. The highest BCUT2D eigenvalue weighted by Gasteiger charge is 2.24. The predicted molar refractivity (Wildman–Crippen MR) is 137 cm³/mol. The van der Waals surface area contributed by atoms with Gasteiger partial charge >= 0.3 is 0 Å². The first-order valence-corrected chi connectivity index (χ1v) is 12.0. The van der Waals surface area contributed by atoms with Crippen molar-refractivity contribution in [2.24, 2.45) is 0 Å². The van der Waals surface area contributed by atoms with Crippen molar-refractivity contribution in [3.63, 3.8) is 0 Å². The smallest absolute Gasteiger partial charge is 0.278 e. The number of aryl methyl sites for hydroxylation is 4. The Morgan fingerprint density at radius 1 is 0.914 bits per heavy atom. The molecule has 8 heteroatoms. The molecule has 0 atom stereocenters. The van der Waals surface area contributed by atoms with Crippen LogP contribution in [0.3, 0.4) is 0 Å². The monoisotopic (exact) mass is 470 g/mol. The number of hydrogen-bond acceptors (Lipinski definition) is 5. The number of nitrogens with zero attached hydrogens (tertiary/aromatic N) is 6. The fourth-order valence-corrected chi connectivity index (χ4v) is 4.88. The summed E-state index contributed by atoms with van der Waals surface area (Å²) in [5.74, 6) is -0.0921. The molecule has 1 aliphatic rings. The highest BCUT2D eigenvalue weighted by Crippen LogP contribution is 2.23. The standard InChI is InChI=1S/C27H30N6O2/c1-18-10-11-23(19(2)16-18)33-21(4)25-26(29-33)20(3)28-32(27(25)35)17-24(34)31-14-12-30(13-15-31)22-8-6-5-7-9-22/h5-11,16H,12-15,17H2,1-4H3. The van der Waals surface area contributed by atoms with Crippen molar-refractivity contribution < 1.29 is 4.79 Å². The molecule has 1 aliphatic heterocycles. The molecule has 2 aromatic carbocycles. The quantitative estimate of drug-likeness (QED) is 0.458. The second kappa shape index (κ2) is 9.02. The molecular formula is C27H30N6O2. The van der Waals surface area contributed by atoms with Crippen molar-refractivity contribution in [3.8, 4) is 5.69 Å². The van der Waals surface area contributed by atoms with E-state index in [0.29, 0.717) is 29.7 Å². The first-order valence-electron chi connectivity index (χ1n) is 12.0. The van der Waals surface area contributed by atoms with Gasteiger partial charge in [0, 0.05) is 31.9 Å². The summed E-state index contributed by atoms with van der Waals surface area (Å²) in [7, 11) is 0. The normalized spacial score (nSPS) is 14.1. The zero-order chi connectivity index (χ0) is 24.7. The molecule has 35 heavy (non-hydrogen) atoms. The summed E-state index contributed by atoms with van der Waals surface area (Å²) in [6.07, 6.45) is 0. The third kappa shape index (κ3) is 4.20. The molecule has 0 spiro atoms. The number of para-hydroxylation sites is 1. The van der Waals surface area contributed by atoms with E-state index in [1.54, 1.807) is 0 Å². The van der Waals surface area contributed by atoms with Crippen LogP contribution in [0, 0.1) is 27.7 Å². The van der Waals surface area contributed by atoms with E-state index in [0.717, 1.165) is 35.7 Å². The molecule has 8 nitrogen and oxygen atoms in total. The number of fused-ring (bicyclic) bond motifs is 1. The lowest BCUT2D eigenvalue weighted by molar-refractivity contribution is -0.132. The first kappa shape index (κ1) is 22.8. The van der Waals surface area contributed by atoms with Crippen molar-refractivity contribution in [1.29, 1.82) is 0 Å². The Labute approximate surface area is 204 Å². The van der Waals surface area contributed by atoms with Crippen LogP contribution in [0.5, 0.6) is 0 Å². The van der Waals surface area contributed by atoms with Crippen LogP contribution >= 0.6 is 0 Å². The van der Waals surface area contributed by atoms with E-state index in [2.05, 4.69) is 35.1 Å². The first-order chi connectivity index (χ1) is 16.8. The Bertz CT molecular complexity index is 1460. The summed E-state index contributed by atoms with van der Waals surface area (Å²) < 4.78 is 3.11. The Kier molecular flexibility index (Phi) is 5.88. The van der Waals surface area contributed by atoms with E-state index in [1.165, 1.54) is 10.2 Å². The number of hydrogen-bond donors (Lipinski definition) is 0. The molecule has 4 aromatic rings. The van der Waals surface area contributed by atoms with Crippen LogP contribution in [0.15, 0.2) is 53.3 Å². The predicted octanol–water partition coefficient (Wildman–Crippen LogP) is 3.16. The summed E-state index contributed by atoms with van der Waals surface area (Å²) in [5, 5.41) is 9.69. The highest BCUT2D eigenvalue weighted by molar-refractivity contribution is 5.83. The molecule has 0 bridgehead atoms. The SMILES string of the molecule is Cc1ccc(-n2nc3c(C)nn(CC(=O)N4CCN(c5ccccc5)CC4)c(=O)c3c2C)c(C)c1. The Morgan fingerprint density at radius 2 is 1.63 bits per heavy atom. The number of anilines is 1. The molecular weight excluding hydrogens is 440 g/mol. The van der Waals surface area contributed by atoms with E-state index >= 15 is 0 Å². The molecule has 0 N–H and O–H groups in total. The van der Waals surface area contributed by atoms with Gasteiger partial charge in [-0.3, -0.25) is 9.59 Å². The second-order valence-electron chi connectivity index (χ2n) is 9.26. The molecule has 5 rings (SSSR count). The maximum atomic E-state index is 13.4. The molecule has 1 fully saturated rings. The van der Waals surface area contributed by atoms with Gasteiger partial charge < -0.3 is 9.80 Å². The zero-order valence-electron chi connectivity index (χ0n) is 20.7. The van der Waals surface area contributed by atoms with Crippen molar-refractivity contribution in [1.82, 2.24) is 24.5 Å². The molecule has 0 unspecified atom stereocenters. The second-order valence-corrected chi connectivity index (χ2v) is 9.26. The number of carbonyl (C=O) groups is 1. The summed E-state index contributed by atoms with van der Waals surface area (Å²) in [5.41, 5.74) is 6.02. The fraction of sp³-hybridized carbons (Fsp3) is 0.333. The topological polar surface area (TPSA) is 76.3 Å². The van der Waals surface area contributed by atoms with Crippen LogP contribution in [0.1, 0.15) is 22.5 Å². The van der Waals surface area contributed by atoms with Gasteiger partial charge in [-0.1, -0.05) is 35.9 Å². The van der Waals surface area contributed by atoms with E-state index in [9.17, 15) is 9.59 Å². The maximum absolute atomic E-state index is 13.4. The molecule has 0 saturated carbocycles. The summed E-state index contributed by atoms with van der Waals surface area (Å²) in [4.78, 5) is 30.6. The molecule has 2 aromatic heterocycles. The van der Waals surface area contributed by atoms with Crippen LogP contribution in [-0.4, -0.2) is 56.5 Å². The highest BCUT2D eigenvalue weighted by atomic mass is 16.2. The molecule has 180 valence electrons. The molecule has 0 aliphatic carbocycles. The van der Waals surface area contributed by atoms with Gasteiger partial charge in [-0.25, -0.2) is 9.36 Å². The van der Waals surface area contributed by atoms with Crippen molar-refractivity contribution in [2.45, 2.75) is 34.2 Å². The van der Waals surface area contributed by atoms with E-state index in [4.69, 9.17) is 5.10 Å². The van der Waals surface area contributed by atoms with Crippen LogP contribution in [-0.2, 0) is 11.3 Å². The van der Waals surface area contributed by atoms with Crippen LogP contribution in [0.25, 0.3) is 16.6 Å². The minimum absolute atomic E-state index is 0.0743. The van der Waals surface area contributed by atoms with Gasteiger partial charge in [0.05, 0.1) is 22.5 Å². The molecule has 1 amide bonds. The van der Waals surface area contributed by atoms with Crippen LogP contribution in [0.2, 0.25) is 0 Å². The zero-order valence-corrected chi connectivity index (χ0v) is 20.7. The van der Waals surface area contributed by atoms with Gasteiger partial charge in [0.1, 0.15) is 12.1 Å². The van der Waals surface area contributed by atoms with Crippen molar-refractivity contribution >= 4 is 22.5 Å². The largest absolute Gasteiger partial charge is 0.368 e. The van der Waals surface area contributed by atoms with E-state index < -0.39 is 0 Å². The van der Waals surface area contributed by atoms with E-state index in [1.807, 2.05) is 60.7 Å². The Hall–Kier alpha value is -3.94. The van der Waals surface area contributed by atoms with Crippen molar-refractivity contribution in [3.05, 3.63) is 81.4 Å². The number of piperazine rings is 1. The molecule has 1 saturated heterocycles. The third-order valence-corrected chi connectivity index (χ3v) is 6.80. The molecule has 0 radical (unpaired) electrons.